The van der Waals surface area contributed by atoms with Crippen LogP contribution in [0.25, 0.3) is 0 Å². The number of piperidine rings is 1. The number of rotatable bonds is 4. The Morgan fingerprint density at radius 2 is 1.75 bits per heavy atom. The van der Waals surface area contributed by atoms with Crippen LogP contribution in [-0.4, -0.2) is 58.5 Å². The molecule has 7 heteroatoms. The zero-order valence-corrected chi connectivity index (χ0v) is 15.3. The van der Waals surface area contributed by atoms with Crippen LogP contribution >= 0.6 is 0 Å². The third-order valence-corrected chi connectivity index (χ3v) is 7.16. The first-order valence-corrected chi connectivity index (χ1v) is 10.4. The monoisotopic (exact) mass is 353 g/mol. The van der Waals surface area contributed by atoms with Gasteiger partial charge in [0, 0.05) is 13.1 Å². The summed E-state index contributed by atoms with van der Waals surface area (Å²) in [6.45, 7) is 8.72. The summed E-state index contributed by atoms with van der Waals surface area (Å²) in [6.07, 6.45) is 2.99. The van der Waals surface area contributed by atoms with Crippen molar-refractivity contribution in [3.63, 3.8) is 0 Å². The van der Waals surface area contributed by atoms with Gasteiger partial charge in [-0.05, 0) is 38.0 Å². The third-order valence-electron chi connectivity index (χ3n) is 5.26. The summed E-state index contributed by atoms with van der Waals surface area (Å²) in [5.74, 6) is 0. The quantitative estimate of drug-likeness (QED) is 0.757. The molecule has 2 aliphatic heterocycles. The fourth-order valence-electron chi connectivity index (χ4n) is 3.65. The zero-order valence-electron chi connectivity index (χ0n) is 14.5. The van der Waals surface area contributed by atoms with Crippen molar-refractivity contribution in [2.45, 2.75) is 31.1 Å². The molecule has 0 aliphatic carbocycles. The molecule has 6 nitrogen and oxygen atoms in total. The standard InChI is InChI=1S/C17H28N4O2S/c1-2-19-10-12-20(13-11-19)17-7-6-15(14-16(17)18)24(22,23)21-8-4-3-5-9-21/h6-7,14H,2-5,8-13,18H2,1H3/p+1. The fraction of sp³-hybridized carbons (Fsp3) is 0.647. The number of nitrogens with two attached hydrogens (primary N) is 1. The maximum absolute atomic E-state index is 12.8. The lowest BCUT2D eigenvalue weighted by atomic mass is 10.2. The van der Waals surface area contributed by atoms with Crippen LogP contribution in [-0.2, 0) is 10.0 Å². The molecule has 24 heavy (non-hydrogen) atoms. The molecule has 0 aromatic heterocycles. The highest BCUT2D eigenvalue weighted by molar-refractivity contribution is 7.89. The minimum Gasteiger partial charge on any atom is -0.397 e. The second-order valence-electron chi connectivity index (χ2n) is 6.78. The first-order valence-electron chi connectivity index (χ1n) is 9.00. The van der Waals surface area contributed by atoms with Gasteiger partial charge in [0.2, 0.25) is 10.0 Å². The summed E-state index contributed by atoms with van der Waals surface area (Å²) in [5.41, 5.74) is 7.74. The highest BCUT2D eigenvalue weighted by Gasteiger charge is 2.27. The number of benzene rings is 1. The van der Waals surface area contributed by atoms with Gasteiger partial charge in [0.15, 0.2) is 0 Å². The van der Waals surface area contributed by atoms with Gasteiger partial charge in [-0.3, -0.25) is 0 Å². The average Bonchev–Trinajstić information content (AvgIpc) is 2.62. The fourth-order valence-corrected chi connectivity index (χ4v) is 5.21. The first kappa shape index (κ1) is 17.5. The van der Waals surface area contributed by atoms with Crippen LogP contribution in [0.2, 0.25) is 0 Å². The van der Waals surface area contributed by atoms with E-state index in [1.54, 1.807) is 21.3 Å². The van der Waals surface area contributed by atoms with Gasteiger partial charge in [-0.1, -0.05) is 6.42 Å². The molecule has 0 atom stereocenters. The van der Waals surface area contributed by atoms with E-state index < -0.39 is 10.0 Å². The number of piperazine rings is 1. The van der Waals surface area contributed by atoms with E-state index in [4.69, 9.17) is 5.73 Å². The van der Waals surface area contributed by atoms with Crippen molar-refractivity contribution in [1.29, 1.82) is 0 Å². The molecule has 0 bridgehead atoms. The zero-order chi connectivity index (χ0) is 17.2. The average molecular weight is 354 g/mol. The number of nitrogens with one attached hydrogen (secondary N) is 1. The summed E-state index contributed by atoms with van der Waals surface area (Å²) in [6, 6.07) is 5.23. The van der Waals surface area contributed by atoms with E-state index in [-0.39, 0.29) is 0 Å². The van der Waals surface area contributed by atoms with Crippen LogP contribution in [0.1, 0.15) is 26.2 Å². The van der Waals surface area contributed by atoms with Gasteiger partial charge in [0.25, 0.3) is 0 Å². The number of nitrogen functional groups attached to an aromatic ring is 1. The van der Waals surface area contributed by atoms with Gasteiger partial charge in [0.05, 0.1) is 49.0 Å². The third kappa shape index (κ3) is 3.53. The van der Waals surface area contributed by atoms with E-state index in [1.165, 1.54) is 0 Å². The molecule has 2 fully saturated rings. The van der Waals surface area contributed by atoms with Crippen molar-refractivity contribution in [2.75, 3.05) is 56.4 Å². The number of nitrogens with zero attached hydrogens (tertiary/aromatic N) is 2. The Bertz CT molecular complexity index is 663. The van der Waals surface area contributed by atoms with Gasteiger partial charge in [-0.2, -0.15) is 4.31 Å². The van der Waals surface area contributed by atoms with Gasteiger partial charge in [-0.25, -0.2) is 8.42 Å². The normalized spacial score (nSPS) is 21.1. The lowest BCUT2D eigenvalue weighted by molar-refractivity contribution is -0.898. The van der Waals surface area contributed by atoms with Crippen molar-refractivity contribution in [2.24, 2.45) is 0 Å². The van der Waals surface area contributed by atoms with Crippen LogP contribution in [0.15, 0.2) is 23.1 Å². The van der Waals surface area contributed by atoms with Crippen molar-refractivity contribution < 1.29 is 13.3 Å². The van der Waals surface area contributed by atoms with Crippen LogP contribution in [0.3, 0.4) is 0 Å². The number of quaternary nitrogens is 1. The van der Waals surface area contributed by atoms with Crippen molar-refractivity contribution in [3.8, 4) is 0 Å². The maximum Gasteiger partial charge on any atom is 0.243 e. The molecule has 2 saturated heterocycles. The van der Waals surface area contributed by atoms with E-state index in [9.17, 15) is 8.42 Å². The van der Waals surface area contributed by atoms with Gasteiger partial charge in [-0.15, -0.1) is 0 Å². The van der Waals surface area contributed by atoms with Crippen molar-refractivity contribution in [3.05, 3.63) is 18.2 Å². The molecule has 0 saturated carbocycles. The molecule has 1 aromatic rings. The van der Waals surface area contributed by atoms with E-state index >= 15 is 0 Å². The number of hydrogen-bond acceptors (Lipinski definition) is 4. The molecule has 2 heterocycles. The number of hydrogen-bond donors (Lipinski definition) is 2. The molecule has 3 rings (SSSR count). The van der Waals surface area contributed by atoms with Gasteiger partial charge < -0.3 is 15.5 Å². The Balaban J connectivity index is 1.77. The van der Waals surface area contributed by atoms with E-state index in [2.05, 4.69) is 11.8 Å². The van der Waals surface area contributed by atoms with Crippen LogP contribution in [0.5, 0.6) is 0 Å². The Kier molecular flexibility index (Phi) is 5.32. The minimum atomic E-state index is -3.41. The largest absolute Gasteiger partial charge is 0.397 e. The molecule has 134 valence electrons. The second kappa shape index (κ2) is 7.29. The van der Waals surface area contributed by atoms with E-state index in [1.807, 2.05) is 6.07 Å². The number of sulfonamides is 1. The van der Waals surface area contributed by atoms with E-state index in [0.29, 0.717) is 23.7 Å². The highest BCUT2D eigenvalue weighted by Crippen LogP contribution is 2.28. The summed E-state index contributed by atoms with van der Waals surface area (Å²) in [5, 5.41) is 0. The Morgan fingerprint density at radius 1 is 1.08 bits per heavy atom. The second-order valence-corrected chi connectivity index (χ2v) is 8.71. The number of likely N-dealkylation sites (N-methyl/N-ethyl adjacent to an activating group) is 1. The summed E-state index contributed by atoms with van der Waals surface area (Å²) in [7, 11) is -3.41. The van der Waals surface area contributed by atoms with E-state index in [0.717, 1.165) is 57.7 Å². The number of anilines is 2. The Hall–Kier alpha value is -1.31. The molecule has 1 aromatic carbocycles. The summed E-state index contributed by atoms with van der Waals surface area (Å²) >= 11 is 0. The molecule has 0 radical (unpaired) electrons. The molecule has 2 aliphatic rings. The predicted molar refractivity (Wildman–Crippen MR) is 96.9 cm³/mol. The van der Waals surface area contributed by atoms with Gasteiger partial charge in [0.1, 0.15) is 0 Å². The Morgan fingerprint density at radius 3 is 2.33 bits per heavy atom. The smallest absolute Gasteiger partial charge is 0.243 e. The highest BCUT2D eigenvalue weighted by atomic mass is 32.2. The summed E-state index contributed by atoms with van der Waals surface area (Å²) in [4.78, 5) is 4.20. The molecular formula is C17H29N4O2S+. The van der Waals surface area contributed by atoms with Crippen molar-refractivity contribution in [1.82, 2.24) is 4.31 Å². The summed E-state index contributed by atoms with van der Waals surface area (Å²) < 4.78 is 27.1. The molecule has 0 unspecified atom stereocenters. The van der Waals surface area contributed by atoms with Crippen LogP contribution < -0.4 is 15.5 Å². The molecule has 0 amide bonds. The first-order chi connectivity index (χ1) is 11.5. The lowest BCUT2D eigenvalue weighted by Gasteiger charge is -2.34. The van der Waals surface area contributed by atoms with Crippen molar-refractivity contribution >= 4 is 21.4 Å². The predicted octanol–water partition coefficient (Wildman–Crippen LogP) is 0.168. The maximum atomic E-state index is 12.8. The topological polar surface area (TPSA) is 71.1 Å². The van der Waals surface area contributed by atoms with Gasteiger partial charge >= 0.3 is 0 Å². The minimum absolute atomic E-state index is 0.323. The lowest BCUT2D eigenvalue weighted by Crippen LogP contribution is -3.14. The van der Waals surface area contributed by atoms with Crippen LogP contribution in [0, 0.1) is 0 Å². The molecule has 0 spiro atoms. The molecular weight excluding hydrogens is 324 g/mol. The van der Waals surface area contributed by atoms with Crippen LogP contribution in [0.4, 0.5) is 11.4 Å². The molecule has 3 N–H and O–H groups in total. The SMILES string of the molecule is CC[NH+]1CCN(c2ccc(S(=O)(=O)N3CCCCC3)cc2N)CC1. The Labute approximate surface area is 145 Å².